The van der Waals surface area contributed by atoms with E-state index >= 15 is 0 Å². The number of carbonyl (C=O) groups excluding carboxylic acids is 2. The second-order valence-electron chi connectivity index (χ2n) is 12.9. The summed E-state index contributed by atoms with van der Waals surface area (Å²) in [5.41, 5.74) is 4.65. The monoisotopic (exact) mass is 762 g/mol. The van der Waals surface area contributed by atoms with Gasteiger partial charge in [-0.25, -0.2) is 4.57 Å². The lowest BCUT2D eigenvalue weighted by atomic mass is 9.86. The Balaban J connectivity index is 1.16. The molecule has 0 bridgehead atoms. The Hall–Kier alpha value is -4.97. The Labute approximate surface area is 319 Å². The molecule has 6 aromatic carbocycles. The smallest absolute Gasteiger partial charge is 0.395 e. The molecule has 6 aromatic rings. The normalized spacial score (nSPS) is 13.3. The van der Waals surface area contributed by atoms with Gasteiger partial charge in [0.25, 0.3) is 0 Å². The van der Waals surface area contributed by atoms with Crippen LogP contribution in [0, 0.1) is 11.8 Å². The van der Waals surface area contributed by atoms with Gasteiger partial charge >= 0.3 is 7.82 Å². The van der Waals surface area contributed by atoms with E-state index < -0.39 is 19.7 Å². The van der Waals surface area contributed by atoms with Crippen molar-refractivity contribution < 1.29 is 28.1 Å². The number of hydrogen-bond acceptors (Lipinski definition) is 5. The highest BCUT2D eigenvalue weighted by Crippen LogP contribution is 2.45. The second-order valence-corrected chi connectivity index (χ2v) is 15.0. The first-order valence-corrected chi connectivity index (χ1v) is 19.4. The third-order valence-corrected chi connectivity index (χ3v) is 10.2. The lowest BCUT2D eigenvalue weighted by Crippen LogP contribution is -2.20. The van der Waals surface area contributed by atoms with Crippen LogP contribution in [0.1, 0.15) is 43.0 Å². The van der Waals surface area contributed by atoms with Gasteiger partial charge < -0.3 is 9.05 Å². The highest BCUT2D eigenvalue weighted by molar-refractivity contribution is 7.48. The number of phosphoric ester groups is 1. The molecular weight excluding hydrogens is 726 g/mol. The zero-order valence-corrected chi connectivity index (χ0v) is 31.1. The number of ketones is 2. The molecule has 0 aliphatic rings. The van der Waals surface area contributed by atoms with E-state index in [1.165, 1.54) is 0 Å². The SMILES string of the molecule is O=C(c1ccccc1)C(Cc1ccc(Cl)cc1)Cc1cccc(OP(=O)(O)Oc2cccc(CC(Cc3ccc(Cl)cc3)C(=O)c3ccccc3)c2)c1. The van der Waals surface area contributed by atoms with Crippen molar-refractivity contribution in [2.24, 2.45) is 11.8 Å². The maximum Gasteiger partial charge on any atom is 0.584 e. The molecule has 0 aromatic heterocycles. The van der Waals surface area contributed by atoms with Crippen LogP contribution >= 0.6 is 31.0 Å². The molecule has 53 heavy (non-hydrogen) atoms. The fourth-order valence-electron chi connectivity index (χ4n) is 6.31. The fraction of sp³-hybridized carbons (Fsp3) is 0.136. The van der Waals surface area contributed by atoms with Gasteiger partial charge in [0.15, 0.2) is 11.6 Å². The molecule has 0 aliphatic carbocycles. The highest BCUT2D eigenvalue weighted by Gasteiger charge is 2.27. The maximum atomic E-state index is 13.7. The van der Waals surface area contributed by atoms with Crippen LogP contribution in [0.2, 0.25) is 10.0 Å². The first-order valence-electron chi connectivity index (χ1n) is 17.2. The molecular formula is C44H37Cl2O6P. The van der Waals surface area contributed by atoms with Gasteiger partial charge in [-0.05, 0) is 96.5 Å². The van der Waals surface area contributed by atoms with Crippen molar-refractivity contribution in [3.63, 3.8) is 0 Å². The van der Waals surface area contributed by atoms with E-state index in [0.29, 0.717) is 46.9 Å². The zero-order chi connectivity index (χ0) is 37.2. The Morgan fingerprint density at radius 1 is 0.491 bits per heavy atom. The molecule has 0 saturated carbocycles. The summed E-state index contributed by atoms with van der Waals surface area (Å²) < 4.78 is 24.4. The molecule has 0 saturated heterocycles. The molecule has 0 aliphatic heterocycles. The van der Waals surface area contributed by atoms with Crippen LogP contribution in [0.15, 0.2) is 158 Å². The number of halogens is 2. The summed E-state index contributed by atoms with van der Waals surface area (Å²) in [6.45, 7) is 0. The first kappa shape index (κ1) is 37.8. The quantitative estimate of drug-likeness (QED) is 0.0780. The third-order valence-electron chi connectivity index (χ3n) is 8.85. The molecule has 268 valence electrons. The standard InChI is InChI=1S/C44H37Cl2O6P/c45-39-21-17-31(18-22-39)25-37(43(47)35-11-3-1-4-12-35)27-33-9-7-15-41(29-33)51-53(49,50)52-42-16-8-10-34(30-42)28-38(26-32-19-23-40(46)24-20-32)44(48)36-13-5-2-6-14-36/h1-24,29-30,37-38H,25-28H2,(H,49,50). The summed E-state index contributed by atoms with van der Waals surface area (Å²) in [5, 5.41) is 1.23. The van der Waals surface area contributed by atoms with Crippen molar-refractivity contribution in [2.75, 3.05) is 0 Å². The van der Waals surface area contributed by atoms with E-state index in [1.54, 1.807) is 84.9 Å². The minimum atomic E-state index is -4.66. The molecule has 1 N–H and O–H groups in total. The lowest BCUT2D eigenvalue weighted by Gasteiger charge is -2.19. The average molecular weight is 764 g/mol. The number of carbonyl (C=O) groups is 2. The summed E-state index contributed by atoms with van der Waals surface area (Å²) in [6, 6.07) is 46.6. The Bertz CT molecular complexity index is 2040. The van der Waals surface area contributed by atoms with Crippen molar-refractivity contribution in [1.82, 2.24) is 0 Å². The summed E-state index contributed by atoms with van der Waals surface area (Å²) >= 11 is 12.2. The van der Waals surface area contributed by atoms with Crippen LogP contribution in [-0.2, 0) is 30.2 Å². The number of benzene rings is 6. The maximum absolute atomic E-state index is 13.7. The summed E-state index contributed by atoms with van der Waals surface area (Å²) in [7, 11) is -4.66. The highest BCUT2D eigenvalue weighted by atomic mass is 35.5. The fourth-order valence-corrected chi connectivity index (χ4v) is 7.36. The minimum Gasteiger partial charge on any atom is -0.395 e. The minimum absolute atomic E-state index is 0.0104. The number of hydrogen-bond donors (Lipinski definition) is 1. The molecule has 2 atom stereocenters. The third kappa shape index (κ3) is 11.0. The van der Waals surface area contributed by atoms with Crippen molar-refractivity contribution in [1.29, 1.82) is 0 Å². The largest absolute Gasteiger partial charge is 0.584 e. The van der Waals surface area contributed by atoms with Gasteiger partial charge in [0.05, 0.1) is 0 Å². The molecule has 0 spiro atoms. The van der Waals surface area contributed by atoms with E-state index in [2.05, 4.69) is 0 Å². The van der Waals surface area contributed by atoms with E-state index in [1.807, 2.05) is 72.8 Å². The second kappa shape index (κ2) is 17.7. The molecule has 0 radical (unpaired) electrons. The average Bonchev–Trinajstić information content (AvgIpc) is 3.16. The van der Waals surface area contributed by atoms with Gasteiger partial charge in [-0.15, -0.1) is 0 Å². The van der Waals surface area contributed by atoms with Crippen LogP contribution in [0.25, 0.3) is 0 Å². The predicted octanol–water partition coefficient (Wildman–Crippen LogP) is 11.1. The van der Waals surface area contributed by atoms with Crippen molar-refractivity contribution in [2.45, 2.75) is 25.7 Å². The Kier molecular flexibility index (Phi) is 12.6. The van der Waals surface area contributed by atoms with Gasteiger partial charge in [0.1, 0.15) is 11.5 Å². The molecule has 0 amide bonds. The first-order chi connectivity index (χ1) is 25.6. The molecule has 2 unspecified atom stereocenters. The Morgan fingerprint density at radius 2 is 0.849 bits per heavy atom. The van der Waals surface area contributed by atoms with Gasteiger partial charge in [0.2, 0.25) is 0 Å². The summed E-state index contributed by atoms with van der Waals surface area (Å²) in [5.74, 6) is -0.596. The molecule has 0 fully saturated rings. The van der Waals surface area contributed by atoms with Crippen molar-refractivity contribution in [3.05, 3.63) is 201 Å². The van der Waals surface area contributed by atoms with Gasteiger partial charge in [-0.1, -0.05) is 132 Å². The van der Waals surface area contributed by atoms with E-state index in [0.717, 1.165) is 22.3 Å². The van der Waals surface area contributed by atoms with Crippen LogP contribution < -0.4 is 9.05 Å². The predicted molar refractivity (Wildman–Crippen MR) is 210 cm³/mol. The Morgan fingerprint density at radius 3 is 1.23 bits per heavy atom. The molecule has 6 nitrogen and oxygen atoms in total. The molecule has 0 heterocycles. The summed E-state index contributed by atoms with van der Waals surface area (Å²) in [4.78, 5) is 38.2. The van der Waals surface area contributed by atoms with E-state index in [9.17, 15) is 19.0 Å². The summed E-state index contributed by atoms with van der Waals surface area (Å²) in [6.07, 6.45) is 1.69. The topological polar surface area (TPSA) is 89.9 Å². The van der Waals surface area contributed by atoms with Crippen molar-refractivity contribution >= 4 is 42.6 Å². The molecule has 6 rings (SSSR count). The van der Waals surface area contributed by atoms with Crippen LogP contribution in [0.3, 0.4) is 0 Å². The van der Waals surface area contributed by atoms with E-state index in [4.69, 9.17) is 32.2 Å². The molecule has 9 heteroatoms. The van der Waals surface area contributed by atoms with Crippen LogP contribution in [0.5, 0.6) is 11.5 Å². The zero-order valence-electron chi connectivity index (χ0n) is 28.7. The van der Waals surface area contributed by atoms with Crippen molar-refractivity contribution in [3.8, 4) is 11.5 Å². The number of Topliss-reactive ketones (excluding diaryl/α,β-unsaturated/α-hetero) is 2. The van der Waals surface area contributed by atoms with Gasteiger partial charge in [-0.2, -0.15) is 0 Å². The van der Waals surface area contributed by atoms with Crippen LogP contribution in [0.4, 0.5) is 0 Å². The lowest BCUT2D eigenvalue weighted by molar-refractivity contribution is 0.0911. The van der Waals surface area contributed by atoms with Crippen LogP contribution in [-0.4, -0.2) is 16.5 Å². The van der Waals surface area contributed by atoms with Gasteiger partial charge in [0, 0.05) is 33.0 Å². The number of phosphoric acid groups is 1. The van der Waals surface area contributed by atoms with E-state index in [-0.39, 0.29) is 23.1 Å². The number of rotatable bonds is 16. The van der Waals surface area contributed by atoms with Gasteiger partial charge in [-0.3, -0.25) is 14.5 Å².